The van der Waals surface area contributed by atoms with E-state index < -0.39 is 6.16 Å². The van der Waals surface area contributed by atoms with Crippen molar-refractivity contribution in [2.45, 2.75) is 290 Å². The molecule has 0 aromatic carbocycles. The van der Waals surface area contributed by atoms with Gasteiger partial charge in [-0.05, 0) is 96.6 Å². The molecule has 0 aromatic heterocycles. The molecule has 1 unspecified atom stereocenters. The van der Waals surface area contributed by atoms with Gasteiger partial charge in [-0.2, -0.15) is 0 Å². The molecule has 1 N–H and O–H groups in total. The summed E-state index contributed by atoms with van der Waals surface area (Å²) in [5, 5.41) is 9.59. The van der Waals surface area contributed by atoms with Crippen molar-refractivity contribution in [2.75, 3.05) is 39.5 Å². The Morgan fingerprint density at radius 2 is 0.806 bits per heavy atom. The molecule has 62 heavy (non-hydrogen) atoms. The first-order valence-electron chi connectivity index (χ1n) is 27.5. The summed E-state index contributed by atoms with van der Waals surface area (Å²) in [5.41, 5.74) is 0. The molecule has 0 rings (SSSR count). The van der Waals surface area contributed by atoms with Crippen LogP contribution in [0, 0.1) is 0 Å². The zero-order valence-corrected chi connectivity index (χ0v) is 41.9. The molecule has 0 bridgehead atoms. The molecule has 0 spiro atoms. The van der Waals surface area contributed by atoms with Gasteiger partial charge < -0.3 is 24.2 Å². The lowest BCUT2D eigenvalue weighted by molar-refractivity contribution is -0.143. The Bertz CT molecular complexity index is 927. The average molecular weight is 878 g/mol. The van der Waals surface area contributed by atoms with Crippen LogP contribution in [-0.4, -0.2) is 67.7 Å². The summed E-state index contributed by atoms with van der Waals surface area (Å²) in [5.74, 6) is -0.0221. The molecule has 0 fully saturated rings. The van der Waals surface area contributed by atoms with Gasteiger partial charge in [-0.3, -0.25) is 4.79 Å². The molecular weight excluding hydrogens is 771 g/mol. The third-order valence-corrected chi connectivity index (χ3v) is 12.6. The van der Waals surface area contributed by atoms with Gasteiger partial charge in [-0.1, -0.05) is 206 Å². The molecule has 1 atom stereocenters. The summed E-state index contributed by atoms with van der Waals surface area (Å²) in [4.78, 5) is 27.0. The summed E-state index contributed by atoms with van der Waals surface area (Å²) < 4.78 is 16.8. The van der Waals surface area contributed by atoms with Crippen molar-refractivity contribution >= 4 is 12.1 Å². The lowest BCUT2D eigenvalue weighted by Gasteiger charge is -2.21. The van der Waals surface area contributed by atoms with Gasteiger partial charge in [0, 0.05) is 13.0 Å². The van der Waals surface area contributed by atoms with Gasteiger partial charge in [0.1, 0.15) is 6.10 Å². The van der Waals surface area contributed by atoms with Crippen LogP contribution in [0.1, 0.15) is 284 Å². The molecule has 0 aliphatic heterocycles. The van der Waals surface area contributed by atoms with Crippen molar-refractivity contribution in [2.24, 2.45) is 0 Å². The van der Waals surface area contributed by atoms with E-state index in [1.165, 1.54) is 180 Å². The van der Waals surface area contributed by atoms with Gasteiger partial charge in [0.25, 0.3) is 0 Å². The van der Waals surface area contributed by atoms with Crippen LogP contribution in [0.3, 0.4) is 0 Å². The average Bonchev–Trinajstić information content (AvgIpc) is 3.27. The van der Waals surface area contributed by atoms with Crippen LogP contribution in [0.2, 0.25) is 0 Å². The Balaban J connectivity index is 3.76. The number of nitrogens with zero attached hydrogens (tertiary/aromatic N) is 1. The molecule has 0 heterocycles. The van der Waals surface area contributed by atoms with Crippen molar-refractivity contribution in [3.63, 3.8) is 0 Å². The second kappa shape index (κ2) is 52.0. The van der Waals surface area contributed by atoms with Gasteiger partial charge in [-0.15, -0.1) is 0 Å². The number of hydrogen-bond donors (Lipinski definition) is 1. The second-order valence-electron chi connectivity index (χ2n) is 18.7. The minimum atomic E-state index is -0.470. The van der Waals surface area contributed by atoms with E-state index in [0.29, 0.717) is 19.6 Å². The maximum Gasteiger partial charge on any atom is 0.508 e. The van der Waals surface area contributed by atoms with E-state index in [1.54, 1.807) is 0 Å². The maximum absolute atomic E-state index is 12.5. The van der Waals surface area contributed by atoms with Crippen molar-refractivity contribution in [3.05, 3.63) is 12.2 Å². The number of aliphatic hydroxyl groups excluding tert-OH is 1. The molecule has 0 aromatic rings. The molecule has 0 amide bonds. The predicted octanol–water partition coefficient (Wildman–Crippen LogP) is 17.0. The van der Waals surface area contributed by atoms with Crippen molar-refractivity contribution in [3.8, 4) is 0 Å². The fourth-order valence-electron chi connectivity index (χ4n) is 8.43. The van der Waals surface area contributed by atoms with Crippen molar-refractivity contribution in [1.82, 2.24) is 4.90 Å². The standard InChI is InChI=1S/C55H107NO6/c1-4-7-10-13-15-17-18-19-20-21-22-24-26-32-39-46-54(58)60-51-42-35-29-27-33-40-47-56(49-50-57)48-41-34-28-30-36-43-52-61-55(59)62-53(44-37-12-9-6-3)45-38-31-25-23-16-14-11-8-5-2/h19-20,53,57H,4-18,21-52H2,1-3H3/b20-19-. The molecule has 0 radical (unpaired) electrons. The lowest BCUT2D eigenvalue weighted by Crippen LogP contribution is -2.29. The number of carbonyl (C=O) groups is 2. The smallest absolute Gasteiger partial charge is 0.466 e. The van der Waals surface area contributed by atoms with Crippen molar-refractivity contribution < 1.29 is 28.9 Å². The number of aliphatic hydroxyl groups is 1. The number of unbranched alkanes of at least 4 members (excludes halogenated alkanes) is 32. The molecule has 0 aliphatic carbocycles. The van der Waals surface area contributed by atoms with Crippen LogP contribution in [-0.2, 0) is 19.0 Å². The fraction of sp³-hybridized carbons (Fsp3) is 0.927. The monoisotopic (exact) mass is 878 g/mol. The molecule has 0 saturated heterocycles. The largest absolute Gasteiger partial charge is 0.508 e. The molecule has 0 saturated carbocycles. The molecular formula is C55H107NO6. The zero-order valence-electron chi connectivity index (χ0n) is 41.9. The molecule has 368 valence electrons. The van der Waals surface area contributed by atoms with Crippen LogP contribution < -0.4 is 0 Å². The minimum Gasteiger partial charge on any atom is -0.466 e. The third-order valence-electron chi connectivity index (χ3n) is 12.6. The number of esters is 1. The predicted molar refractivity (Wildman–Crippen MR) is 266 cm³/mol. The number of hydrogen-bond acceptors (Lipinski definition) is 7. The summed E-state index contributed by atoms with van der Waals surface area (Å²) >= 11 is 0. The van der Waals surface area contributed by atoms with E-state index in [9.17, 15) is 14.7 Å². The van der Waals surface area contributed by atoms with Gasteiger partial charge in [0.05, 0.1) is 19.8 Å². The Morgan fingerprint density at radius 1 is 0.435 bits per heavy atom. The fourth-order valence-corrected chi connectivity index (χ4v) is 8.43. The first-order chi connectivity index (χ1) is 30.6. The van der Waals surface area contributed by atoms with Gasteiger partial charge in [0.15, 0.2) is 0 Å². The van der Waals surface area contributed by atoms with Crippen molar-refractivity contribution in [1.29, 1.82) is 0 Å². The summed E-state index contributed by atoms with van der Waals surface area (Å²) in [6.45, 7) is 10.9. The van der Waals surface area contributed by atoms with E-state index in [4.69, 9.17) is 14.2 Å². The van der Waals surface area contributed by atoms with Crippen LogP contribution in [0.5, 0.6) is 0 Å². The molecule has 7 nitrogen and oxygen atoms in total. The van der Waals surface area contributed by atoms with Gasteiger partial charge in [0.2, 0.25) is 0 Å². The highest BCUT2D eigenvalue weighted by Gasteiger charge is 2.15. The SMILES string of the molecule is CCCCCCCC/C=C\CCCCCCCC(=O)OCCCCCCCCN(CCO)CCCCCCCCOC(=O)OC(CCCCCC)CCCCCCCCCCC. The normalized spacial score (nSPS) is 12.1. The van der Waals surface area contributed by atoms with E-state index in [0.717, 1.165) is 96.7 Å². The zero-order chi connectivity index (χ0) is 45.1. The summed E-state index contributed by atoms with van der Waals surface area (Å²) in [7, 11) is 0. The van der Waals surface area contributed by atoms with Crippen LogP contribution in [0.25, 0.3) is 0 Å². The first kappa shape index (κ1) is 60.4. The minimum absolute atomic E-state index is 0.000750. The molecule has 0 aliphatic rings. The number of allylic oxidation sites excluding steroid dienone is 2. The highest BCUT2D eigenvalue weighted by atomic mass is 16.7. The second-order valence-corrected chi connectivity index (χ2v) is 18.7. The number of ether oxygens (including phenoxy) is 3. The topological polar surface area (TPSA) is 85.3 Å². The summed E-state index contributed by atoms with van der Waals surface area (Å²) in [6, 6.07) is 0. The lowest BCUT2D eigenvalue weighted by atomic mass is 10.0. The highest BCUT2D eigenvalue weighted by molar-refractivity contribution is 5.69. The Morgan fingerprint density at radius 3 is 1.27 bits per heavy atom. The third kappa shape index (κ3) is 47.9. The maximum atomic E-state index is 12.5. The number of carbonyl (C=O) groups excluding carboxylic acids is 2. The van der Waals surface area contributed by atoms with Crippen LogP contribution in [0.4, 0.5) is 4.79 Å². The van der Waals surface area contributed by atoms with Gasteiger partial charge in [-0.25, -0.2) is 4.79 Å². The van der Waals surface area contributed by atoms with E-state index >= 15 is 0 Å². The van der Waals surface area contributed by atoms with Crippen LogP contribution >= 0.6 is 0 Å². The Labute approximate surface area is 386 Å². The first-order valence-corrected chi connectivity index (χ1v) is 27.5. The molecule has 7 heteroatoms. The highest BCUT2D eigenvalue weighted by Crippen LogP contribution is 2.18. The quantitative estimate of drug-likeness (QED) is 0.0370. The van der Waals surface area contributed by atoms with Crippen LogP contribution in [0.15, 0.2) is 12.2 Å². The summed E-state index contributed by atoms with van der Waals surface area (Å²) in [6.07, 6.45) is 53.4. The van der Waals surface area contributed by atoms with E-state index in [2.05, 4.69) is 37.8 Å². The Kier molecular flexibility index (Phi) is 50.7. The van der Waals surface area contributed by atoms with E-state index in [-0.39, 0.29) is 18.7 Å². The van der Waals surface area contributed by atoms with E-state index in [1.807, 2.05) is 0 Å². The number of rotatable bonds is 51. The van der Waals surface area contributed by atoms with Gasteiger partial charge >= 0.3 is 12.1 Å². The Hall–Kier alpha value is -1.60.